The Labute approximate surface area is 163 Å². The minimum Gasteiger partial charge on any atom is -0.504 e. The van der Waals surface area contributed by atoms with Crippen LogP contribution in [0.3, 0.4) is 0 Å². The van der Waals surface area contributed by atoms with Crippen LogP contribution in [0.15, 0.2) is 78.9 Å². The highest BCUT2D eigenvalue weighted by Crippen LogP contribution is 2.26. The van der Waals surface area contributed by atoms with E-state index < -0.39 is 0 Å². The van der Waals surface area contributed by atoms with Crippen LogP contribution < -0.4 is 14.8 Å². The average molecular weight is 375 g/mol. The largest absolute Gasteiger partial charge is 0.504 e. The Kier molecular flexibility index (Phi) is 6.31. The quantitative estimate of drug-likeness (QED) is 0.591. The summed E-state index contributed by atoms with van der Waals surface area (Å²) < 4.78 is 10.8. The number of rotatable bonds is 7. The molecule has 0 atom stereocenters. The van der Waals surface area contributed by atoms with Gasteiger partial charge in [0.25, 0.3) is 0 Å². The number of hydrogen-bond acceptors (Lipinski definition) is 4. The van der Waals surface area contributed by atoms with Crippen molar-refractivity contribution < 1.29 is 19.4 Å². The zero-order chi connectivity index (χ0) is 19.8. The molecule has 0 saturated carbocycles. The third-order valence-electron chi connectivity index (χ3n) is 4.04. The number of para-hydroxylation sites is 2. The molecule has 0 saturated heterocycles. The molecule has 0 aliphatic heterocycles. The highest BCUT2D eigenvalue weighted by Gasteiger charge is 2.06. The van der Waals surface area contributed by atoms with Crippen molar-refractivity contribution in [2.24, 2.45) is 0 Å². The monoisotopic (exact) mass is 375 g/mol. The molecule has 1 amide bonds. The Balaban J connectivity index is 1.64. The predicted molar refractivity (Wildman–Crippen MR) is 110 cm³/mol. The molecule has 142 valence electrons. The number of carbonyl (C=O) groups excluding carboxylic acids is 1. The molecule has 0 spiro atoms. The Morgan fingerprint density at radius 3 is 2.54 bits per heavy atom. The first-order valence-corrected chi connectivity index (χ1v) is 8.77. The second-order valence-electron chi connectivity index (χ2n) is 6.01. The maximum atomic E-state index is 12.3. The number of phenols is 1. The van der Waals surface area contributed by atoms with E-state index in [0.29, 0.717) is 23.6 Å². The third-order valence-corrected chi connectivity index (χ3v) is 4.04. The van der Waals surface area contributed by atoms with E-state index in [1.807, 2.05) is 54.6 Å². The fourth-order valence-electron chi connectivity index (χ4n) is 2.60. The second kappa shape index (κ2) is 9.28. The number of aromatic hydroxyl groups is 1. The van der Waals surface area contributed by atoms with Crippen molar-refractivity contribution >= 4 is 17.7 Å². The lowest BCUT2D eigenvalue weighted by Gasteiger charge is -2.11. The number of ether oxygens (including phenoxy) is 2. The summed E-state index contributed by atoms with van der Waals surface area (Å²) in [6.45, 7) is 0.344. The van der Waals surface area contributed by atoms with Gasteiger partial charge in [-0.05, 0) is 42.0 Å². The number of methoxy groups -OCH3 is 1. The Bertz CT molecular complexity index is 967. The standard InChI is InChI=1S/C23H21NO4/c1-27-22-13-11-17(15-21(22)25)12-14-23(26)24-20-10-6-5-7-18(20)16-28-19-8-3-2-4-9-19/h2-15,25H,16H2,1H3,(H,24,26)/b14-12+. The van der Waals surface area contributed by atoms with Gasteiger partial charge in [-0.3, -0.25) is 4.79 Å². The number of amides is 1. The first-order chi connectivity index (χ1) is 13.7. The molecule has 3 aromatic rings. The molecule has 2 N–H and O–H groups in total. The molecule has 0 radical (unpaired) electrons. The molecule has 0 fully saturated rings. The normalized spacial score (nSPS) is 10.6. The first kappa shape index (κ1) is 19.0. The van der Waals surface area contributed by atoms with Crippen LogP contribution in [0.5, 0.6) is 17.2 Å². The van der Waals surface area contributed by atoms with Gasteiger partial charge in [0.2, 0.25) is 5.91 Å². The van der Waals surface area contributed by atoms with Crippen molar-refractivity contribution in [1.29, 1.82) is 0 Å². The molecular weight excluding hydrogens is 354 g/mol. The number of benzene rings is 3. The molecular formula is C23H21NO4. The van der Waals surface area contributed by atoms with Crippen LogP contribution >= 0.6 is 0 Å². The molecule has 0 aromatic heterocycles. The number of hydrogen-bond donors (Lipinski definition) is 2. The lowest BCUT2D eigenvalue weighted by Crippen LogP contribution is -2.10. The van der Waals surface area contributed by atoms with Crippen molar-refractivity contribution in [3.8, 4) is 17.2 Å². The van der Waals surface area contributed by atoms with E-state index in [4.69, 9.17) is 9.47 Å². The SMILES string of the molecule is COc1ccc(/C=C/C(=O)Nc2ccccc2COc2ccccc2)cc1O. The molecule has 0 aliphatic rings. The first-order valence-electron chi connectivity index (χ1n) is 8.77. The number of phenolic OH excluding ortho intramolecular Hbond substituents is 1. The van der Waals surface area contributed by atoms with Gasteiger partial charge in [-0.15, -0.1) is 0 Å². The summed E-state index contributed by atoms with van der Waals surface area (Å²) in [5, 5.41) is 12.7. The molecule has 0 heterocycles. The summed E-state index contributed by atoms with van der Waals surface area (Å²) in [7, 11) is 1.48. The fourth-order valence-corrected chi connectivity index (χ4v) is 2.60. The predicted octanol–water partition coefficient (Wildman–Crippen LogP) is 4.63. The molecule has 0 unspecified atom stereocenters. The van der Waals surface area contributed by atoms with Crippen LogP contribution in [0, 0.1) is 0 Å². The van der Waals surface area contributed by atoms with Crippen LogP contribution in [-0.2, 0) is 11.4 Å². The van der Waals surface area contributed by atoms with Gasteiger partial charge in [-0.2, -0.15) is 0 Å². The van der Waals surface area contributed by atoms with Crippen molar-refractivity contribution in [3.63, 3.8) is 0 Å². The van der Waals surface area contributed by atoms with Crippen LogP contribution in [0.4, 0.5) is 5.69 Å². The van der Waals surface area contributed by atoms with Gasteiger partial charge in [-0.25, -0.2) is 0 Å². The fraction of sp³-hybridized carbons (Fsp3) is 0.0870. The van der Waals surface area contributed by atoms with E-state index in [2.05, 4.69) is 5.32 Å². The summed E-state index contributed by atoms with van der Waals surface area (Å²) in [6, 6.07) is 21.9. The van der Waals surface area contributed by atoms with E-state index >= 15 is 0 Å². The van der Waals surface area contributed by atoms with Crippen molar-refractivity contribution in [3.05, 3.63) is 90.0 Å². The van der Waals surface area contributed by atoms with Crippen LogP contribution in [0.25, 0.3) is 6.08 Å². The molecule has 3 rings (SSSR count). The van der Waals surface area contributed by atoms with E-state index in [1.54, 1.807) is 18.2 Å². The van der Waals surface area contributed by atoms with Gasteiger partial charge < -0.3 is 19.9 Å². The molecule has 3 aromatic carbocycles. The summed E-state index contributed by atoms with van der Waals surface area (Å²) in [6.07, 6.45) is 3.04. The average Bonchev–Trinajstić information content (AvgIpc) is 2.72. The van der Waals surface area contributed by atoms with E-state index in [1.165, 1.54) is 19.3 Å². The summed E-state index contributed by atoms with van der Waals surface area (Å²) in [4.78, 5) is 12.3. The smallest absolute Gasteiger partial charge is 0.248 e. The number of carbonyl (C=O) groups is 1. The molecule has 5 nitrogen and oxygen atoms in total. The zero-order valence-corrected chi connectivity index (χ0v) is 15.5. The second-order valence-corrected chi connectivity index (χ2v) is 6.01. The highest BCUT2D eigenvalue weighted by molar-refractivity contribution is 6.02. The van der Waals surface area contributed by atoms with Crippen molar-refractivity contribution in [2.45, 2.75) is 6.61 Å². The minimum atomic E-state index is -0.275. The third kappa shape index (κ3) is 5.14. The number of anilines is 1. The lowest BCUT2D eigenvalue weighted by atomic mass is 10.1. The zero-order valence-electron chi connectivity index (χ0n) is 15.5. The molecule has 28 heavy (non-hydrogen) atoms. The minimum absolute atomic E-state index is 0.0217. The highest BCUT2D eigenvalue weighted by atomic mass is 16.5. The Morgan fingerprint density at radius 1 is 1.04 bits per heavy atom. The summed E-state index contributed by atoms with van der Waals surface area (Å²) in [5.74, 6) is 0.896. The maximum absolute atomic E-state index is 12.3. The van der Waals surface area contributed by atoms with Gasteiger partial charge in [0.15, 0.2) is 11.5 Å². The van der Waals surface area contributed by atoms with E-state index in [0.717, 1.165) is 11.3 Å². The molecule has 0 aliphatic carbocycles. The van der Waals surface area contributed by atoms with Crippen molar-refractivity contribution in [2.75, 3.05) is 12.4 Å². The lowest BCUT2D eigenvalue weighted by molar-refractivity contribution is -0.111. The van der Waals surface area contributed by atoms with Gasteiger partial charge in [-0.1, -0.05) is 42.5 Å². The van der Waals surface area contributed by atoms with Gasteiger partial charge >= 0.3 is 0 Å². The van der Waals surface area contributed by atoms with Crippen LogP contribution in [0.2, 0.25) is 0 Å². The van der Waals surface area contributed by atoms with Gasteiger partial charge in [0, 0.05) is 17.3 Å². The van der Waals surface area contributed by atoms with Crippen LogP contribution in [-0.4, -0.2) is 18.1 Å². The van der Waals surface area contributed by atoms with E-state index in [9.17, 15) is 9.90 Å². The summed E-state index contributed by atoms with van der Waals surface area (Å²) in [5.41, 5.74) is 2.25. The van der Waals surface area contributed by atoms with Crippen LogP contribution in [0.1, 0.15) is 11.1 Å². The Morgan fingerprint density at radius 2 is 1.79 bits per heavy atom. The molecule has 0 bridgehead atoms. The topological polar surface area (TPSA) is 67.8 Å². The maximum Gasteiger partial charge on any atom is 0.248 e. The van der Waals surface area contributed by atoms with E-state index in [-0.39, 0.29) is 11.7 Å². The van der Waals surface area contributed by atoms with Gasteiger partial charge in [0.05, 0.1) is 7.11 Å². The molecule has 5 heteroatoms. The van der Waals surface area contributed by atoms with Gasteiger partial charge in [0.1, 0.15) is 12.4 Å². The Hall–Kier alpha value is -3.73. The van der Waals surface area contributed by atoms with Crippen molar-refractivity contribution in [1.82, 2.24) is 0 Å². The number of nitrogens with one attached hydrogen (secondary N) is 1. The summed E-state index contributed by atoms with van der Waals surface area (Å²) >= 11 is 0.